The molecule has 0 bridgehead atoms. The van der Waals surface area contributed by atoms with Crippen LogP contribution in [0.4, 0.5) is 0 Å². The second kappa shape index (κ2) is 5.63. The van der Waals surface area contributed by atoms with Gasteiger partial charge in [0.25, 0.3) is 0 Å². The fraction of sp³-hybridized carbons (Fsp3) is 0.583. The number of hydrogen-bond acceptors (Lipinski definition) is 2. The predicted molar refractivity (Wildman–Crippen MR) is 60.4 cm³/mol. The highest BCUT2D eigenvalue weighted by Gasteiger charge is 2.00. The molecule has 0 aromatic rings. The molecule has 2 heteroatoms. The van der Waals surface area contributed by atoms with E-state index in [0.29, 0.717) is 5.92 Å². The van der Waals surface area contributed by atoms with Gasteiger partial charge >= 0.3 is 0 Å². The lowest BCUT2D eigenvalue weighted by Crippen LogP contribution is -2.08. The zero-order chi connectivity index (χ0) is 10.4. The number of nitrogens with zero attached hydrogens (tertiary/aromatic N) is 1. The molecule has 78 valence electrons. The third-order valence-corrected chi connectivity index (χ3v) is 1.88. The molecule has 0 saturated heterocycles. The summed E-state index contributed by atoms with van der Waals surface area (Å²) in [5, 5.41) is 0. The standard InChI is InChI=1S/C12H19NO/c1-10(2)9-14-12-8-6-4-5-7-11(3)13-12/h6-8,10H,4-5,9H2,1-3H3/b8-6+,11-7-,13-12+. The van der Waals surface area contributed by atoms with Crippen molar-refractivity contribution in [2.24, 2.45) is 10.9 Å². The van der Waals surface area contributed by atoms with Crippen molar-refractivity contribution in [1.82, 2.24) is 0 Å². The summed E-state index contributed by atoms with van der Waals surface area (Å²) in [5.41, 5.74) is 1.05. The van der Waals surface area contributed by atoms with Gasteiger partial charge in [-0.15, -0.1) is 0 Å². The van der Waals surface area contributed by atoms with Crippen LogP contribution in [0.15, 0.2) is 28.9 Å². The van der Waals surface area contributed by atoms with Crippen LogP contribution < -0.4 is 0 Å². The van der Waals surface area contributed by atoms with Crippen LogP contribution in [-0.4, -0.2) is 12.5 Å². The average molecular weight is 193 g/mol. The molecule has 0 aromatic carbocycles. The van der Waals surface area contributed by atoms with Gasteiger partial charge < -0.3 is 4.74 Å². The molecular weight excluding hydrogens is 174 g/mol. The maximum absolute atomic E-state index is 5.57. The van der Waals surface area contributed by atoms with Crippen LogP contribution >= 0.6 is 0 Å². The highest BCUT2D eigenvalue weighted by molar-refractivity contribution is 5.88. The topological polar surface area (TPSA) is 21.6 Å². The highest BCUT2D eigenvalue weighted by atomic mass is 16.5. The molecule has 0 N–H and O–H groups in total. The Balaban J connectivity index is 2.59. The van der Waals surface area contributed by atoms with Crippen LogP contribution in [0.2, 0.25) is 0 Å². The molecule has 0 radical (unpaired) electrons. The first-order valence-electron chi connectivity index (χ1n) is 5.23. The molecule has 1 rings (SSSR count). The Bertz CT molecular complexity index is 261. The largest absolute Gasteiger partial charge is 0.477 e. The molecule has 2 nitrogen and oxygen atoms in total. The van der Waals surface area contributed by atoms with Crippen molar-refractivity contribution in [2.45, 2.75) is 33.6 Å². The number of rotatable bonds is 2. The van der Waals surface area contributed by atoms with Gasteiger partial charge in [-0.05, 0) is 31.8 Å². The third-order valence-electron chi connectivity index (χ3n) is 1.88. The first-order valence-corrected chi connectivity index (χ1v) is 5.23. The van der Waals surface area contributed by atoms with Crippen molar-refractivity contribution in [2.75, 3.05) is 6.61 Å². The Morgan fingerprint density at radius 2 is 2.21 bits per heavy atom. The van der Waals surface area contributed by atoms with E-state index in [9.17, 15) is 0 Å². The normalized spacial score (nSPS) is 26.9. The minimum absolute atomic E-state index is 0.542. The Morgan fingerprint density at radius 3 is 2.93 bits per heavy atom. The van der Waals surface area contributed by atoms with Crippen LogP contribution in [0.1, 0.15) is 33.6 Å². The van der Waals surface area contributed by atoms with E-state index in [4.69, 9.17) is 4.74 Å². The van der Waals surface area contributed by atoms with Gasteiger partial charge in [0, 0.05) is 5.70 Å². The summed E-state index contributed by atoms with van der Waals surface area (Å²) < 4.78 is 5.57. The van der Waals surface area contributed by atoms with Gasteiger partial charge in [0.15, 0.2) is 0 Å². The monoisotopic (exact) mass is 193 g/mol. The van der Waals surface area contributed by atoms with Crippen molar-refractivity contribution < 1.29 is 4.74 Å². The van der Waals surface area contributed by atoms with Crippen LogP contribution in [0.3, 0.4) is 0 Å². The van der Waals surface area contributed by atoms with Gasteiger partial charge in [-0.25, -0.2) is 4.99 Å². The van der Waals surface area contributed by atoms with Gasteiger partial charge in [-0.1, -0.05) is 26.0 Å². The van der Waals surface area contributed by atoms with Crippen molar-refractivity contribution in [3.05, 3.63) is 23.9 Å². The first kappa shape index (κ1) is 11.0. The summed E-state index contributed by atoms with van der Waals surface area (Å²) in [6.45, 7) is 7.01. The van der Waals surface area contributed by atoms with E-state index in [1.54, 1.807) is 0 Å². The summed E-state index contributed by atoms with van der Waals surface area (Å²) in [4.78, 5) is 4.38. The summed E-state index contributed by atoms with van der Waals surface area (Å²) in [6, 6.07) is 0. The van der Waals surface area contributed by atoms with Crippen molar-refractivity contribution in [1.29, 1.82) is 0 Å². The molecule has 1 aliphatic heterocycles. The molecule has 0 amide bonds. The van der Waals surface area contributed by atoms with E-state index in [-0.39, 0.29) is 0 Å². The summed E-state index contributed by atoms with van der Waals surface area (Å²) in [5.74, 6) is 1.29. The molecule has 0 unspecified atom stereocenters. The van der Waals surface area contributed by atoms with Gasteiger partial charge in [0.2, 0.25) is 5.90 Å². The second-order valence-electron chi connectivity index (χ2n) is 3.98. The molecule has 1 heterocycles. The predicted octanol–water partition coefficient (Wildman–Crippen LogP) is 3.31. The van der Waals surface area contributed by atoms with Crippen LogP contribution in [0.5, 0.6) is 0 Å². The van der Waals surface area contributed by atoms with Crippen LogP contribution in [0.25, 0.3) is 0 Å². The first-order chi connectivity index (χ1) is 6.68. The zero-order valence-electron chi connectivity index (χ0n) is 9.29. The molecular formula is C12H19NO. The summed E-state index contributed by atoms with van der Waals surface area (Å²) in [7, 11) is 0. The van der Waals surface area contributed by atoms with Gasteiger partial charge in [-0.2, -0.15) is 0 Å². The Labute approximate surface area is 86.4 Å². The molecule has 0 fully saturated rings. The van der Waals surface area contributed by atoms with E-state index in [2.05, 4.69) is 31.0 Å². The zero-order valence-corrected chi connectivity index (χ0v) is 9.29. The van der Waals surface area contributed by atoms with Crippen molar-refractivity contribution in [3.63, 3.8) is 0 Å². The molecule has 0 aliphatic carbocycles. The van der Waals surface area contributed by atoms with E-state index in [1.807, 2.05) is 13.0 Å². The minimum atomic E-state index is 0.542. The lowest BCUT2D eigenvalue weighted by atomic mass is 10.2. The molecule has 0 saturated carbocycles. The smallest absolute Gasteiger partial charge is 0.213 e. The second-order valence-corrected chi connectivity index (χ2v) is 3.98. The summed E-state index contributed by atoms with van der Waals surface area (Å²) >= 11 is 0. The summed E-state index contributed by atoms with van der Waals surface area (Å²) in [6.07, 6.45) is 8.37. The number of hydrogen-bond donors (Lipinski definition) is 0. The molecule has 0 atom stereocenters. The van der Waals surface area contributed by atoms with Gasteiger partial charge in [0.05, 0.1) is 6.61 Å². The molecule has 1 aliphatic rings. The number of aliphatic imine (C=N–C) groups is 1. The minimum Gasteiger partial charge on any atom is -0.477 e. The van der Waals surface area contributed by atoms with Crippen LogP contribution in [-0.2, 0) is 4.74 Å². The van der Waals surface area contributed by atoms with E-state index >= 15 is 0 Å². The maximum Gasteiger partial charge on any atom is 0.213 e. The van der Waals surface area contributed by atoms with E-state index in [1.165, 1.54) is 0 Å². The highest BCUT2D eigenvalue weighted by Crippen LogP contribution is 2.07. The molecule has 0 spiro atoms. The quantitative estimate of drug-likeness (QED) is 0.659. The van der Waals surface area contributed by atoms with Crippen molar-refractivity contribution in [3.8, 4) is 0 Å². The van der Waals surface area contributed by atoms with Crippen LogP contribution in [0, 0.1) is 5.92 Å². The Hall–Kier alpha value is -1.05. The van der Waals surface area contributed by atoms with Crippen molar-refractivity contribution >= 4 is 5.90 Å². The number of ether oxygens (including phenoxy) is 1. The van der Waals surface area contributed by atoms with E-state index in [0.717, 1.165) is 31.0 Å². The van der Waals surface area contributed by atoms with E-state index < -0.39 is 0 Å². The van der Waals surface area contributed by atoms with Gasteiger partial charge in [-0.3, -0.25) is 0 Å². The molecule has 0 aromatic heterocycles. The van der Waals surface area contributed by atoms with Gasteiger partial charge in [0.1, 0.15) is 0 Å². The number of allylic oxidation sites excluding steroid dienone is 3. The third kappa shape index (κ3) is 4.26. The molecule has 14 heavy (non-hydrogen) atoms. The lowest BCUT2D eigenvalue weighted by molar-refractivity contribution is 0.260. The lowest BCUT2D eigenvalue weighted by Gasteiger charge is -2.09. The maximum atomic E-state index is 5.57. The fourth-order valence-electron chi connectivity index (χ4n) is 1.16. The Morgan fingerprint density at radius 1 is 1.43 bits per heavy atom. The SMILES string of the molecule is CC1=C/CC/C=C/C(OCC(C)C)=N\1. The fourth-order valence-corrected chi connectivity index (χ4v) is 1.16. The Kier molecular flexibility index (Phi) is 4.44. The average Bonchev–Trinajstić information content (AvgIpc) is 2.08.